The summed E-state index contributed by atoms with van der Waals surface area (Å²) in [5.41, 5.74) is -0.803. The Morgan fingerprint density at radius 2 is 1.90 bits per heavy atom. The standard InChI is InChI=1S/C15H29NO4/c1-14(2,3)12(6-9-17)16-10-15(20)7-4-11(5-8-15)13(18)19/h11-12,16-17,20H,4-10H2,1-3H3,(H,18,19). The Hall–Kier alpha value is -0.650. The summed E-state index contributed by atoms with van der Waals surface area (Å²) in [5, 5.41) is 32.0. The van der Waals surface area contributed by atoms with Crippen molar-refractivity contribution < 1.29 is 20.1 Å². The highest BCUT2D eigenvalue weighted by Crippen LogP contribution is 2.32. The molecule has 5 nitrogen and oxygen atoms in total. The number of hydrogen-bond donors (Lipinski definition) is 4. The van der Waals surface area contributed by atoms with E-state index in [0.29, 0.717) is 38.6 Å². The molecule has 0 saturated heterocycles. The number of aliphatic hydroxyl groups excluding tert-OH is 1. The van der Waals surface area contributed by atoms with Crippen LogP contribution < -0.4 is 5.32 Å². The van der Waals surface area contributed by atoms with Gasteiger partial charge in [0.1, 0.15) is 0 Å². The number of carboxylic acid groups (broad SMARTS) is 1. The van der Waals surface area contributed by atoms with Crippen molar-refractivity contribution in [2.24, 2.45) is 11.3 Å². The molecule has 1 fully saturated rings. The molecule has 1 rings (SSSR count). The fourth-order valence-electron chi connectivity index (χ4n) is 2.86. The first-order chi connectivity index (χ1) is 9.18. The fourth-order valence-corrected chi connectivity index (χ4v) is 2.86. The van der Waals surface area contributed by atoms with Crippen molar-refractivity contribution in [3.05, 3.63) is 0 Å². The lowest BCUT2D eigenvalue weighted by molar-refractivity contribution is -0.144. The Kier molecular flexibility index (Phi) is 5.98. The molecule has 1 atom stereocenters. The lowest BCUT2D eigenvalue weighted by Crippen LogP contribution is -2.50. The Bertz CT molecular complexity index is 316. The highest BCUT2D eigenvalue weighted by molar-refractivity contribution is 5.70. The van der Waals surface area contributed by atoms with Crippen molar-refractivity contribution in [3.8, 4) is 0 Å². The van der Waals surface area contributed by atoms with E-state index in [0.717, 1.165) is 0 Å². The molecule has 0 aromatic carbocycles. The molecular weight excluding hydrogens is 258 g/mol. The zero-order valence-electron chi connectivity index (χ0n) is 12.9. The van der Waals surface area contributed by atoms with Crippen molar-refractivity contribution in [3.63, 3.8) is 0 Å². The Morgan fingerprint density at radius 3 is 2.30 bits per heavy atom. The molecule has 20 heavy (non-hydrogen) atoms. The maximum absolute atomic E-state index is 10.9. The molecule has 5 heteroatoms. The summed E-state index contributed by atoms with van der Waals surface area (Å²) in [6.07, 6.45) is 2.76. The predicted molar refractivity (Wildman–Crippen MR) is 77.5 cm³/mol. The van der Waals surface area contributed by atoms with Crippen LogP contribution in [-0.2, 0) is 4.79 Å². The van der Waals surface area contributed by atoms with E-state index in [1.165, 1.54) is 0 Å². The Labute approximate surface area is 121 Å². The number of aliphatic hydroxyl groups is 2. The molecular formula is C15H29NO4. The van der Waals surface area contributed by atoms with E-state index in [1.54, 1.807) is 0 Å². The Balaban J connectivity index is 2.49. The van der Waals surface area contributed by atoms with E-state index in [2.05, 4.69) is 26.1 Å². The van der Waals surface area contributed by atoms with Gasteiger partial charge in [-0.3, -0.25) is 4.79 Å². The topological polar surface area (TPSA) is 89.8 Å². The van der Waals surface area contributed by atoms with E-state index in [1.807, 2.05) is 0 Å². The number of carboxylic acids is 1. The van der Waals surface area contributed by atoms with Gasteiger partial charge in [0.05, 0.1) is 11.5 Å². The van der Waals surface area contributed by atoms with Gasteiger partial charge in [0.25, 0.3) is 0 Å². The first-order valence-electron chi connectivity index (χ1n) is 7.47. The minimum absolute atomic E-state index is 0.0113. The second kappa shape index (κ2) is 6.87. The largest absolute Gasteiger partial charge is 0.481 e. The highest BCUT2D eigenvalue weighted by atomic mass is 16.4. The SMILES string of the molecule is CC(C)(C)C(CCO)NCC1(O)CCC(C(=O)O)CC1. The van der Waals surface area contributed by atoms with E-state index in [9.17, 15) is 9.90 Å². The molecule has 0 spiro atoms. The van der Waals surface area contributed by atoms with Crippen LogP contribution in [0.25, 0.3) is 0 Å². The summed E-state index contributed by atoms with van der Waals surface area (Å²) in [4.78, 5) is 10.9. The lowest BCUT2D eigenvalue weighted by Gasteiger charge is -2.38. The molecule has 0 heterocycles. The van der Waals surface area contributed by atoms with Gasteiger partial charge in [0.2, 0.25) is 0 Å². The monoisotopic (exact) mass is 287 g/mol. The van der Waals surface area contributed by atoms with Crippen LogP contribution in [0.2, 0.25) is 0 Å². The highest BCUT2D eigenvalue weighted by Gasteiger charge is 2.36. The Morgan fingerprint density at radius 1 is 1.35 bits per heavy atom. The lowest BCUT2D eigenvalue weighted by atomic mass is 9.78. The third-order valence-electron chi connectivity index (χ3n) is 4.41. The summed E-state index contributed by atoms with van der Waals surface area (Å²) in [6, 6.07) is 0.133. The summed E-state index contributed by atoms with van der Waals surface area (Å²) in [7, 11) is 0. The molecule has 0 aliphatic heterocycles. The number of nitrogens with one attached hydrogen (secondary N) is 1. The van der Waals surface area contributed by atoms with Crippen molar-refractivity contribution in [2.45, 2.75) is 64.5 Å². The number of aliphatic carboxylic acids is 1. The van der Waals surface area contributed by atoms with Crippen LogP contribution in [0.4, 0.5) is 0 Å². The molecule has 0 aromatic rings. The molecule has 0 aromatic heterocycles. The number of hydrogen-bond acceptors (Lipinski definition) is 4. The van der Waals surface area contributed by atoms with Crippen molar-refractivity contribution in [2.75, 3.05) is 13.2 Å². The summed E-state index contributed by atoms with van der Waals surface area (Å²) in [6.45, 7) is 6.89. The smallest absolute Gasteiger partial charge is 0.306 e. The first-order valence-corrected chi connectivity index (χ1v) is 7.47. The van der Waals surface area contributed by atoms with Crippen LogP contribution in [-0.4, -0.2) is 46.1 Å². The molecule has 1 aliphatic rings. The van der Waals surface area contributed by atoms with Gasteiger partial charge < -0.3 is 20.6 Å². The molecule has 1 unspecified atom stereocenters. The third kappa shape index (κ3) is 5.04. The predicted octanol–water partition coefficient (Wildman–Crippen LogP) is 1.38. The average Bonchev–Trinajstić information content (AvgIpc) is 2.33. The van der Waals surface area contributed by atoms with Gasteiger partial charge in [0.15, 0.2) is 0 Å². The van der Waals surface area contributed by atoms with Crippen LogP contribution in [0.3, 0.4) is 0 Å². The molecule has 0 radical (unpaired) electrons. The molecule has 118 valence electrons. The quantitative estimate of drug-likeness (QED) is 0.592. The van der Waals surface area contributed by atoms with Crippen LogP contribution in [0.1, 0.15) is 52.9 Å². The first kappa shape index (κ1) is 17.4. The van der Waals surface area contributed by atoms with Gasteiger partial charge in [-0.2, -0.15) is 0 Å². The van der Waals surface area contributed by atoms with Gasteiger partial charge in [-0.15, -0.1) is 0 Å². The van der Waals surface area contributed by atoms with Crippen LogP contribution in [0, 0.1) is 11.3 Å². The van der Waals surface area contributed by atoms with E-state index in [-0.39, 0.29) is 24.0 Å². The third-order valence-corrected chi connectivity index (χ3v) is 4.41. The van der Waals surface area contributed by atoms with Gasteiger partial charge in [0, 0.05) is 19.2 Å². The zero-order chi connectivity index (χ0) is 15.4. The van der Waals surface area contributed by atoms with Crippen molar-refractivity contribution in [1.29, 1.82) is 0 Å². The minimum atomic E-state index is -0.815. The van der Waals surface area contributed by atoms with Crippen molar-refractivity contribution >= 4 is 5.97 Å². The molecule has 1 saturated carbocycles. The van der Waals surface area contributed by atoms with Gasteiger partial charge >= 0.3 is 5.97 Å². The van der Waals surface area contributed by atoms with Gasteiger partial charge in [-0.05, 0) is 37.5 Å². The van der Waals surface area contributed by atoms with Gasteiger partial charge in [-0.25, -0.2) is 0 Å². The number of carbonyl (C=O) groups is 1. The molecule has 0 amide bonds. The molecule has 0 bridgehead atoms. The van der Waals surface area contributed by atoms with E-state index < -0.39 is 11.6 Å². The summed E-state index contributed by atoms with van der Waals surface area (Å²) in [5.74, 6) is -1.07. The van der Waals surface area contributed by atoms with Crippen molar-refractivity contribution in [1.82, 2.24) is 5.32 Å². The van der Waals surface area contributed by atoms with Crippen LogP contribution >= 0.6 is 0 Å². The summed E-state index contributed by atoms with van der Waals surface area (Å²) >= 11 is 0. The normalized spacial score (nSPS) is 29.1. The minimum Gasteiger partial charge on any atom is -0.481 e. The fraction of sp³-hybridized carbons (Fsp3) is 0.933. The van der Waals surface area contributed by atoms with Crippen LogP contribution in [0.15, 0.2) is 0 Å². The second-order valence-corrected chi connectivity index (χ2v) is 7.15. The molecule has 4 N–H and O–H groups in total. The maximum Gasteiger partial charge on any atom is 0.306 e. The second-order valence-electron chi connectivity index (χ2n) is 7.15. The average molecular weight is 287 g/mol. The van der Waals surface area contributed by atoms with Gasteiger partial charge in [-0.1, -0.05) is 20.8 Å². The maximum atomic E-state index is 10.9. The number of rotatable bonds is 6. The summed E-state index contributed by atoms with van der Waals surface area (Å²) < 4.78 is 0. The van der Waals surface area contributed by atoms with E-state index >= 15 is 0 Å². The molecule has 1 aliphatic carbocycles. The van der Waals surface area contributed by atoms with Crippen LogP contribution in [0.5, 0.6) is 0 Å². The van der Waals surface area contributed by atoms with E-state index in [4.69, 9.17) is 10.2 Å². The zero-order valence-corrected chi connectivity index (χ0v) is 12.9.